The molecule has 0 aliphatic carbocycles. The summed E-state index contributed by atoms with van der Waals surface area (Å²) < 4.78 is 0. The van der Waals surface area contributed by atoms with E-state index in [-0.39, 0.29) is 244 Å². The Hall–Kier alpha value is -13.4. The van der Waals surface area contributed by atoms with Crippen LogP contribution in [0.4, 0.5) is 0 Å². The SMILES string of the molecule is O=CO.O=CO.O=CO.O=CO.O=CO.O=CO.O=CO.O=CO.O=CO.O=CO.O=CO.O=CO.O=CO.O=CO.O=CO.O=CO.O=CO.O=CO.O=CO.O=CO.O=CO.O=CO.O=CO.O=CO.O=CO.O=CO.O=C[O-].O=C[O-].O=C[O-].O=C[O-].[Ca+2].[Ca+2]. The van der Waals surface area contributed by atoms with E-state index in [0.717, 1.165) is 0 Å². The summed E-state index contributed by atoms with van der Waals surface area (Å²) in [6, 6.07) is 0. The van der Waals surface area contributed by atoms with Gasteiger partial charge in [-0.3, -0.25) is 125 Å². The van der Waals surface area contributed by atoms with Crippen molar-refractivity contribution in [3.8, 4) is 0 Å². The largest absolute Gasteiger partial charge is 2.00 e. The Morgan fingerprint density at radius 2 is 0.109 bits per heavy atom. The van der Waals surface area contributed by atoms with Crippen LogP contribution in [0, 0.1) is 0 Å². The smallest absolute Gasteiger partial charge is 0.554 e. The number of hydrogen-bond donors (Lipinski definition) is 26. The molecule has 62 heteroatoms. The van der Waals surface area contributed by atoms with Crippen LogP contribution in [0.3, 0.4) is 0 Å². The minimum Gasteiger partial charge on any atom is -0.554 e. The van der Waals surface area contributed by atoms with Gasteiger partial charge in [0, 0.05) is 25.9 Å². The molecule has 26 N–H and O–H groups in total. The van der Waals surface area contributed by atoms with Crippen molar-refractivity contribution in [3.63, 3.8) is 0 Å². The van der Waals surface area contributed by atoms with Gasteiger partial charge in [0.2, 0.25) is 0 Å². The molecule has 0 spiro atoms. The van der Waals surface area contributed by atoms with Crippen LogP contribution in [0.2, 0.25) is 0 Å². The van der Waals surface area contributed by atoms with E-state index in [1.165, 1.54) is 0 Å². The van der Waals surface area contributed by atoms with Crippen molar-refractivity contribution in [2.24, 2.45) is 0 Å². The molecule has 92 heavy (non-hydrogen) atoms. The second-order valence-electron chi connectivity index (χ2n) is 3.13. The fourth-order valence-electron chi connectivity index (χ4n) is 0. The number of carbonyl (C=O) groups is 30. The average Bonchev–Trinajstić information content (AvgIpc) is 3.41. The molecule has 60 nitrogen and oxygen atoms in total. The number of carboxylic acid groups (broad SMARTS) is 30. The van der Waals surface area contributed by atoms with Crippen molar-refractivity contribution >= 4 is 270 Å². The van der Waals surface area contributed by atoms with Crippen molar-refractivity contribution in [1.29, 1.82) is 0 Å². The maximum atomic E-state index is 8.36. The fourth-order valence-corrected chi connectivity index (χ4v) is 0. The third kappa shape index (κ3) is 2450. The Kier molecular flexibility index (Phi) is 3910. The van der Waals surface area contributed by atoms with Gasteiger partial charge in [0.25, 0.3) is 168 Å². The molecule has 0 bridgehead atoms. The Morgan fingerprint density at radius 3 is 0.109 bits per heavy atom. The molecule has 0 saturated carbocycles. The van der Waals surface area contributed by atoms with Crippen LogP contribution in [-0.2, 0) is 144 Å². The van der Waals surface area contributed by atoms with Crippen molar-refractivity contribution < 1.29 is 297 Å². The third-order valence-corrected chi connectivity index (χ3v) is 0. The van der Waals surface area contributed by atoms with Gasteiger partial charge in [-0.25, -0.2) is 0 Å². The fraction of sp³-hybridized carbons (Fsp3) is 0. The third-order valence-electron chi connectivity index (χ3n) is 0. The van der Waals surface area contributed by atoms with Crippen LogP contribution in [0.1, 0.15) is 0 Å². The van der Waals surface area contributed by atoms with E-state index in [0.29, 0.717) is 0 Å². The second kappa shape index (κ2) is 1650. The van der Waals surface area contributed by atoms with Gasteiger partial charge in [0.05, 0.1) is 0 Å². The van der Waals surface area contributed by atoms with Gasteiger partial charge in [-0.15, -0.1) is 0 Å². The maximum Gasteiger partial charge on any atom is 2.00 e. The molecule has 0 aromatic carbocycles. The summed E-state index contributed by atoms with van der Waals surface area (Å²) >= 11 is 0. The molecule has 0 saturated heterocycles. The van der Waals surface area contributed by atoms with Crippen LogP contribution in [-0.4, -0.2) is 402 Å². The van der Waals surface area contributed by atoms with E-state index in [4.69, 9.17) is 297 Å². The van der Waals surface area contributed by atoms with Crippen LogP contribution in [0.25, 0.3) is 0 Å². The first-order valence-electron chi connectivity index (χ1n) is 14.7. The molecule has 0 rings (SSSR count). The first-order chi connectivity index (χ1) is 42.4. The number of hydrogen-bond acceptors (Lipinski definition) is 34. The van der Waals surface area contributed by atoms with E-state index in [2.05, 4.69) is 0 Å². The number of carbonyl (C=O) groups excluding carboxylic acids is 4. The second-order valence-corrected chi connectivity index (χ2v) is 3.13. The van der Waals surface area contributed by atoms with Crippen LogP contribution in [0.15, 0.2) is 0 Å². The molecule has 0 aliphatic heterocycles. The molecular formula is C30H56Ca2O60. The van der Waals surface area contributed by atoms with Crippen LogP contribution >= 0.6 is 0 Å². The average molecular weight is 1460 g/mol. The van der Waals surface area contributed by atoms with Gasteiger partial charge in [0.1, 0.15) is 0 Å². The van der Waals surface area contributed by atoms with Gasteiger partial charge >= 0.3 is 75.5 Å². The minimum absolute atomic E-state index is 0. The quantitative estimate of drug-likeness (QED) is 0.0791. The predicted molar refractivity (Wildman–Crippen MR) is 262 cm³/mol. The van der Waals surface area contributed by atoms with Gasteiger partial charge in [-0.2, -0.15) is 0 Å². The Labute approximate surface area is 563 Å². The number of rotatable bonds is 0. The monoisotopic (exact) mass is 1460 g/mol. The standard InChI is InChI=1S/30CH2O2.2Ca/c30*2-1-3;;/h30*1H,(H,2,3);;/q;;;;;;;;;;;;;;;;;;;;;;;;;;;;;;2*+2/p-4. The van der Waals surface area contributed by atoms with E-state index in [1.54, 1.807) is 0 Å². The van der Waals surface area contributed by atoms with Gasteiger partial charge in [-0.1, -0.05) is 0 Å². The molecule has 0 aromatic heterocycles. The van der Waals surface area contributed by atoms with Crippen molar-refractivity contribution in [3.05, 3.63) is 0 Å². The summed E-state index contributed by atoms with van der Waals surface area (Å²) in [5.41, 5.74) is 0. The van der Waals surface area contributed by atoms with Gasteiger partial charge < -0.3 is 172 Å². The van der Waals surface area contributed by atoms with E-state index < -0.39 is 25.9 Å². The van der Waals surface area contributed by atoms with E-state index in [9.17, 15) is 0 Å². The normalized spacial score (nSPS) is 3.91. The molecule has 0 radical (unpaired) electrons. The summed E-state index contributed by atoms with van der Waals surface area (Å²) in [7, 11) is 0. The first-order valence-corrected chi connectivity index (χ1v) is 14.7. The van der Waals surface area contributed by atoms with Gasteiger partial charge in [0.15, 0.2) is 0 Å². The molecule has 0 atom stereocenters. The first kappa shape index (κ1) is 218. The van der Waals surface area contributed by atoms with Crippen LogP contribution < -0.4 is 20.4 Å². The van der Waals surface area contributed by atoms with Crippen molar-refractivity contribution in [2.75, 3.05) is 0 Å². The Balaban J connectivity index is -0.0000000135. The molecule has 0 aliphatic rings. The summed E-state index contributed by atoms with van der Waals surface area (Å²) in [4.78, 5) is 250. The molecular weight excluding hydrogens is 1400 g/mol. The Morgan fingerprint density at radius 1 is 0.109 bits per heavy atom. The van der Waals surface area contributed by atoms with E-state index in [1.807, 2.05) is 0 Å². The molecule has 0 unspecified atom stereocenters. The zero-order chi connectivity index (χ0) is 81.2. The Bertz CT molecular complexity index is 763. The maximum absolute atomic E-state index is 8.36. The molecule has 0 aromatic rings. The zero-order valence-electron chi connectivity index (χ0n) is 44.2. The van der Waals surface area contributed by atoms with Crippen molar-refractivity contribution in [1.82, 2.24) is 0 Å². The van der Waals surface area contributed by atoms with Gasteiger partial charge in [-0.05, 0) is 0 Å². The molecule has 0 heterocycles. The topological polar surface area (TPSA) is 1130 Å². The molecule has 0 amide bonds. The van der Waals surface area contributed by atoms with E-state index >= 15 is 0 Å². The predicted octanol–water partition coefficient (Wildman–Crippen LogP) is -15.1. The van der Waals surface area contributed by atoms with Crippen molar-refractivity contribution in [2.45, 2.75) is 0 Å². The molecule has 0 fully saturated rings. The summed E-state index contributed by atoms with van der Waals surface area (Å²) in [6.07, 6.45) is 0. The summed E-state index contributed by atoms with van der Waals surface area (Å²) in [6.45, 7) is -8.50. The zero-order valence-corrected chi connectivity index (χ0v) is 48.7. The molecule has 540 valence electrons. The minimum atomic E-state index is -0.500. The summed E-state index contributed by atoms with van der Waals surface area (Å²) in [5, 5.41) is 212. The van der Waals surface area contributed by atoms with Crippen LogP contribution in [0.5, 0.6) is 0 Å². The summed E-state index contributed by atoms with van der Waals surface area (Å²) in [5.74, 6) is 0.